The average Bonchev–Trinajstić information content (AvgIpc) is 2.81. The van der Waals surface area contributed by atoms with Gasteiger partial charge in [0.1, 0.15) is 13.1 Å². The zero-order valence-corrected chi connectivity index (χ0v) is 10.9. The molecule has 1 aromatic carbocycles. The van der Waals surface area contributed by atoms with E-state index in [1.54, 1.807) is 6.07 Å². The van der Waals surface area contributed by atoms with E-state index in [0.717, 1.165) is 12.0 Å². The van der Waals surface area contributed by atoms with Crippen molar-refractivity contribution in [1.29, 1.82) is 0 Å². The van der Waals surface area contributed by atoms with Crippen LogP contribution in [0.5, 0.6) is 0 Å². The molecular formula is C13H13F3N2O3. The molecule has 2 rings (SSSR count). The molecule has 0 bridgehead atoms. The van der Waals surface area contributed by atoms with Gasteiger partial charge < -0.3 is 15.3 Å². The summed E-state index contributed by atoms with van der Waals surface area (Å²) in [6, 6.07) is 4.53. The lowest BCUT2D eigenvalue weighted by molar-refractivity contribution is -0.149. The van der Waals surface area contributed by atoms with Gasteiger partial charge in [-0.1, -0.05) is 6.07 Å². The summed E-state index contributed by atoms with van der Waals surface area (Å²) in [5.41, 5.74) is 1.71. The van der Waals surface area contributed by atoms with Gasteiger partial charge >= 0.3 is 12.1 Å². The molecule has 0 radical (unpaired) electrons. The number of rotatable bonds is 4. The normalized spacial score (nSPS) is 13.5. The number of nitrogens with zero attached hydrogens (tertiary/aromatic N) is 1. The minimum atomic E-state index is -4.65. The van der Waals surface area contributed by atoms with Gasteiger partial charge in [-0.2, -0.15) is 13.2 Å². The Balaban J connectivity index is 2.22. The van der Waals surface area contributed by atoms with Crippen LogP contribution >= 0.6 is 0 Å². The van der Waals surface area contributed by atoms with E-state index < -0.39 is 31.1 Å². The van der Waals surface area contributed by atoms with E-state index in [1.807, 2.05) is 0 Å². The smallest absolute Gasteiger partial charge is 0.406 e. The van der Waals surface area contributed by atoms with Crippen LogP contribution in [0, 0.1) is 0 Å². The highest BCUT2D eigenvalue weighted by atomic mass is 19.4. The third kappa shape index (κ3) is 3.87. The first-order valence-corrected chi connectivity index (χ1v) is 6.21. The highest BCUT2D eigenvalue weighted by Gasteiger charge is 2.34. The van der Waals surface area contributed by atoms with Crippen LogP contribution < -0.4 is 5.32 Å². The highest BCUT2D eigenvalue weighted by molar-refractivity contribution is 5.97. The summed E-state index contributed by atoms with van der Waals surface area (Å²) < 4.78 is 37.4. The van der Waals surface area contributed by atoms with Crippen molar-refractivity contribution in [2.75, 3.05) is 25.0 Å². The maximum atomic E-state index is 12.5. The van der Waals surface area contributed by atoms with Crippen LogP contribution in [0.2, 0.25) is 0 Å². The maximum Gasteiger partial charge on any atom is 0.406 e. The Bertz CT molecular complexity index is 572. The van der Waals surface area contributed by atoms with Gasteiger partial charge in [-0.25, -0.2) is 0 Å². The fourth-order valence-electron chi connectivity index (χ4n) is 2.19. The highest BCUT2D eigenvalue weighted by Crippen LogP contribution is 2.25. The number of amides is 1. The Labute approximate surface area is 118 Å². The van der Waals surface area contributed by atoms with Gasteiger partial charge in [0.25, 0.3) is 5.91 Å². The first-order chi connectivity index (χ1) is 9.76. The van der Waals surface area contributed by atoms with E-state index in [9.17, 15) is 22.8 Å². The molecule has 114 valence electrons. The summed E-state index contributed by atoms with van der Waals surface area (Å²) in [6.45, 7) is -1.89. The summed E-state index contributed by atoms with van der Waals surface area (Å²) in [6.07, 6.45) is -3.87. The Morgan fingerprint density at radius 1 is 1.33 bits per heavy atom. The monoisotopic (exact) mass is 302 g/mol. The minimum absolute atomic E-state index is 0.0358. The van der Waals surface area contributed by atoms with E-state index in [4.69, 9.17) is 5.11 Å². The van der Waals surface area contributed by atoms with Gasteiger partial charge in [-0.3, -0.25) is 9.59 Å². The van der Waals surface area contributed by atoms with Crippen LogP contribution in [0.3, 0.4) is 0 Å². The van der Waals surface area contributed by atoms with E-state index in [-0.39, 0.29) is 10.5 Å². The maximum absolute atomic E-state index is 12.5. The number of aliphatic carboxylic acids is 1. The van der Waals surface area contributed by atoms with Crippen LogP contribution in [0.15, 0.2) is 18.2 Å². The lowest BCUT2D eigenvalue weighted by Crippen LogP contribution is -2.42. The first kappa shape index (κ1) is 15.1. The zero-order chi connectivity index (χ0) is 15.6. The fraction of sp³-hybridized carbons (Fsp3) is 0.385. The number of hydrogen-bond acceptors (Lipinski definition) is 3. The third-order valence-electron chi connectivity index (χ3n) is 3.05. The van der Waals surface area contributed by atoms with Crippen molar-refractivity contribution in [3.63, 3.8) is 0 Å². The molecule has 1 amide bonds. The second-order valence-corrected chi connectivity index (χ2v) is 4.72. The molecule has 1 aliphatic heterocycles. The number of alkyl halides is 3. The second kappa shape index (κ2) is 5.63. The van der Waals surface area contributed by atoms with Gasteiger partial charge in [0, 0.05) is 17.8 Å². The predicted octanol–water partition coefficient (Wildman–Crippen LogP) is 1.74. The first-order valence-electron chi connectivity index (χ1n) is 6.21. The third-order valence-corrected chi connectivity index (χ3v) is 3.05. The van der Waals surface area contributed by atoms with Crippen molar-refractivity contribution in [3.8, 4) is 0 Å². The van der Waals surface area contributed by atoms with Crippen LogP contribution in [-0.2, 0) is 11.2 Å². The summed E-state index contributed by atoms with van der Waals surface area (Å²) in [5.74, 6) is -2.45. The van der Waals surface area contributed by atoms with Crippen molar-refractivity contribution in [2.24, 2.45) is 0 Å². The standard InChI is InChI=1S/C13H13F3N2O3/c14-13(15,16)7-18(6-11(19)20)12(21)9-2-1-8-3-4-17-10(8)5-9/h1-2,5,17H,3-4,6-7H2,(H,19,20). The summed E-state index contributed by atoms with van der Waals surface area (Å²) in [4.78, 5) is 23.0. The molecule has 1 aromatic rings. The fourth-order valence-corrected chi connectivity index (χ4v) is 2.19. The van der Waals surface area contributed by atoms with Gasteiger partial charge in [-0.15, -0.1) is 0 Å². The number of nitrogens with one attached hydrogen (secondary N) is 1. The Kier molecular flexibility index (Phi) is 4.06. The molecular weight excluding hydrogens is 289 g/mol. The van der Waals surface area contributed by atoms with E-state index >= 15 is 0 Å². The van der Waals surface area contributed by atoms with Crippen molar-refractivity contribution < 1.29 is 27.9 Å². The van der Waals surface area contributed by atoms with Crippen LogP contribution in [0.25, 0.3) is 0 Å². The molecule has 2 N–H and O–H groups in total. The number of carboxylic acid groups (broad SMARTS) is 1. The molecule has 0 saturated carbocycles. The largest absolute Gasteiger partial charge is 0.480 e. The number of halogens is 3. The molecule has 0 aromatic heterocycles. The number of carbonyl (C=O) groups is 2. The molecule has 0 saturated heterocycles. The van der Waals surface area contributed by atoms with Crippen LogP contribution in [0.4, 0.5) is 18.9 Å². The number of hydrogen-bond donors (Lipinski definition) is 2. The molecule has 1 aliphatic rings. The Morgan fingerprint density at radius 2 is 2.05 bits per heavy atom. The topological polar surface area (TPSA) is 69.6 Å². The van der Waals surface area contributed by atoms with Crippen LogP contribution in [0.1, 0.15) is 15.9 Å². The van der Waals surface area contributed by atoms with E-state index in [0.29, 0.717) is 12.2 Å². The number of benzene rings is 1. The van der Waals surface area contributed by atoms with Crippen molar-refractivity contribution >= 4 is 17.6 Å². The lowest BCUT2D eigenvalue weighted by atomic mass is 10.1. The number of carboxylic acids is 1. The van der Waals surface area contributed by atoms with Crippen molar-refractivity contribution in [2.45, 2.75) is 12.6 Å². The zero-order valence-electron chi connectivity index (χ0n) is 10.9. The second-order valence-electron chi connectivity index (χ2n) is 4.72. The summed E-state index contributed by atoms with van der Waals surface area (Å²) in [5, 5.41) is 11.7. The average molecular weight is 302 g/mol. The van der Waals surface area contributed by atoms with Gasteiger partial charge in [0.2, 0.25) is 0 Å². The minimum Gasteiger partial charge on any atom is -0.480 e. The number of anilines is 1. The molecule has 0 atom stereocenters. The van der Waals surface area contributed by atoms with Crippen LogP contribution in [-0.4, -0.2) is 47.7 Å². The number of fused-ring (bicyclic) bond motifs is 1. The van der Waals surface area contributed by atoms with Crippen molar-refractivity contribution in [1.82, 2.24) is 4.90 Å². The molecule has 1 heterocycles. The molecule has 8 heteroatoms. The van der Waals surface area contributed by atoms with E-state index in [2.05, 4.69) is 5.32 Å². The van der Waals surface area contributed by atoms with Gasteiger partial charge in [-0.05, 0) is 24.1 Å². The SMILES string of the molecule is O=C(O)CN(CC(F)(F)F)C(=O)c1ccc2c(c1)NCC2. The van der Waals surface area contributed by atoms with E-state index in [1.165, 1.54) is 12.1 Å². The van der Waals surface area contributed by atoms with Gasteiger partial charge in [0.05, 0.1) is 0 Å². The molecule has 0 unspecified atom stereocenters. The Morgan fingerprint density at radius 3 is 2.67 bits per heavy atom. The summed E-state index contributed by atoms with van der Waals surface area (Å²) in [7, 11) is 0. The Hall–Kier alpha value is -2.25. The molecule has 0 fully saturated rings. The molecule has 0 spiro atoms. The van der Waals surface area contributed by atoms with Gasteiger partial charge in [0.15, 0.2) is 0 Å². The lowest BCUT2D eigenvalue weighted by Gasteiger charge is -2.22. The summed E-state index contributed by atoms with van der Waals surface area (Å²) >= 11 is 0. The van der Waals surface area contributed by atoms with Crippen molar-refractivity contribution in [3.05, 3.63) is 29.3 Å². The molecule has 5 nitrogen and oxygen atoms in total. The molecule has 0 aliphatic carbocycles. The number of carbonyl (C=O) groups excluding carboxylic acids is 1. The predicted molar refractivity (Wildman–Crippen MR) is 68.2 cm³/mol. The quantitative estimate of drug-likeness (QED) is 0.889. The molecule has 21 heavy (non-hydrogen) atoms.